The zero-order valence-corrected chi connectivity index (χ0v) is 12.3. The Morgan fingerprint density at radius 1 is 1.30 bits per heavy atom. The number of hydrogen-bond acceptors (Lipinski definition) is 4. The van der Waals surface area contributed by atoms with Crippen LogP contribution in [0.2, 0.25) is 0 Å². The SMILES string of the molecule is Cc1cc(Oc2ncnc3c2c(Br)nn3C)ccc1F. The van der Waals surface area contributed by atoms with E-state index in [0.717, 1.165) is 0 Å². The van der Waals surface area contributed by atoms with E-state index in [-0.39, 0.29) is 5.82 Å². The van der Waals surface area contributed by atoms with Crippen LogP contribution < -0.4 is 4.74 Å². The molecule has 3 aromatic rings. The monoisotopic (exact) mass is 336 g/mol. The zero-order valence-electron chi connectivity index (χ0n) is 10.8. The second kappa shape index (κ2) is 4.82. The molecule has 7 heteroatoms. The number of aryl methyl sites for hydroxylation is 2. The summed E-state index contributed by atoms with van der Waals surface area (Å²) in [6.07, 6.45) is 1.40. The average Bonchev–Trinajstić information content (AvgIpc) is 2.71. The molecule has 0 amide bonds. The van der Waals surface area contributed by atoms with Crippen molar-refractivity contribution in [3.63, 3.8) is 0 Å². The van der Waals surface area contributed by atoms with Gasteiger partial charge in [0.1, 0.15) is 27.9 Å². The summed E-state index contributed by atoms with van der Waals surface area (Å²) in [7, 11) is 1.78. The third kappa shape index (κ3) is 2.14. The fraction of sp³-hybridized carbons (Fsp3) is 0.154. The summed E-state index contributed by atoms with van der Waals surface area (Å²) >= 11 is 3.36. The van der Waals surface area contributed by atoms with Gasteiger partial charge in [-0.25, -0.2) is 19.0 Å². The van der Waals surface area contributed by atoms with Crippen LogP contribution in [0.15, 0.2) is 29.1 Å². The summed E-state index contributed by atoms with van der Waals surface area (Å²) in [5.74, 6) is 0.619. The Morgan fingerprint density at radius 2 is 2.10 bits per heavy atom. The van der Waals surface area contributed by atoms with Crippen LogP contribution >= 0.6 is 15.9 Å². The van der Waals surface area contributed by atoms with Crippen LogP contribution in [0.4, 0.5) is 4.39 Å². The molecule has 5 nitrogen and oxygen atoms in total. The second-order valence-electron chi connectivity index (χ2n) is 4.30. The van der Waals surface area contributed by atoms with E-state index in [1.54, 1.807) is 30.8 Å². The summed E-state index contributed by atoms with van der Waals surface area (Å²) in [4.78, 5) is 8.27. The lowest BCUT2D eigenvalue weighted by Crippen LogP contribution is -1.94. The molecule has 0 aliphatic carbocycles. The smallest absolute Gasteiger partial charge is 0.234 e. The minimum absolute atomic E-state index is 0.271. The van der Waals surface area contributed by atoms with Gasteiger partial charge in [0.05, 0.1) is 0 Å². The van der Waals surface area contributed by atoms with Crippen LogP contribution in [-0.2, 0) is 7.05 Å². The van der Waals surface area contributed by atoms with Crippen molar-refractivity contribution >= 4 is 27.0 Å². The number of ether oxygens (including phenoxy) is 1. The van der Waals surface area contributed by atoms with Crippen molar-refractivity contribution in [3.8, 4) is 11.6 Å². The van der Waals surface area contributed by atoms with Crippen molar-refractivity contribution in [2.75, 3.05) is 0 Å². The molecule has 3 rings (SSSR count). The van der Waals surface area contributed by atoms with E-state index in [0.29, 0.717) is 32.8 Å². The Balaban J connectivity index is 2.08. The van der Waals surface area contributed by atoms with Gasteiger partial charge in [0.2, 0.25) is 5.88 Å². The highest BCUT2D eigenvalue weighted by molar-refractivity contribution is 9.10. The highest BCUT2D eigenvalue weighted by Gasteiger charge is 2.15. The number of fused-ring (bicyclic) bond motifs is 1. The van der Waals surface area contributed by atoms with Gasteiger partial charge in [0.15, 0.2) is 5.65 Å². The van der Waals surface area contributed by atoms with Gasteiger partial charge in [0, 0.05) is 7.05 Å². The number of halogens is 2. The van der Waals surface area contributed by atoms with Crippen LogP contribution in [0.5, 0.6) is 11.6 Å². The van der Waals surface area contributed by atoms with Crippen molar-refractivity contribution < 1.29 is 9.13 Å². The lowest BCUT2D eigenvalue weighted by Gasteiger charge is -2.06. The molecule has 0 N–H and O–H groups in total. The van der Waals surface area contributed by atoms with E-state index < -0.39 is 0 Å². The van der Waals surface area contributed by atoms with E-state index in [9.17, 15) is 4.39 Å². The third-order valence-corrected chi connectivity index (χ3v) is 3.44. The molecule has 0 saturated carbocycles. The Hall–Kier alpha value is -2.02. The summed E-state index contributed by atoms with van der Waals surface area (Å²) in [5.41, 5.74) is 1.17. The maximum Gasteiger partial charge on any atom is 0.234 e. The van der Waals surface area contributed by atoms with E-state index in [2.05, 4.69) is 31.0 Å². The van der Waals surface area contributed by atoms with E-state index in [4.69, 9.17) is 4.74 Å². The number of hydrogen-bond donors (Lipinski definition) is 0. The Labute approximate surface area is 122 Å². The van der Waals surface area contributed by atoms with Gasteiger partial charge in [-0.2, -0.15) is 5.10 Å². The molecule has 0 bridgehead atoms. The van der Waals surface area contributed by atoms with Gasteiger partial charge in [0.25, 0.3) is 0 Å². The number of nitrogens with zero attached hydrogens (tertiary/aromatic N) is 4. The number of aromatic nitrogens is 4. The van der Waals surface area contributed by atoms with Gasteiger partial charge in [-0.15, -0.1) is 0 Å². The highest BCUT2D eigenvalue weighted by Crippen LogP contribution is 2.31. The zero-order chi connectivity index (χ0) is 14.3. The van der Waals surface area contributed by atoms with Gasteiger partial charge >= 0.3 is 0 Å². The third-order valence-electron chi connectivity index (χ3n) is 2.89. The minimum atomic E-state index is -0.271. The highest BCUT2D eigenvalue weighted by atomic mass is 79.9. The first kappa shape index (κ1) is 13.0. The Bertz CT molecular complexity index is 802. The molecule has 0 saturated heterocycles. The molecule has 0 atom stereocenters. The van der Waals surface area contributed by atoms with Gasteiger partial charge < -0.3 is 4.74 Å². The van der Waals surface area contributed by atoms with Crippen molar-refractivity contribution in [3.05, 3.63) is 40.5 Å². The first-order valence-electron chi connectivity index (χ1n) is 5.83. The molecule has 0 spiro atoms. The largest absolute Gasteiger partial charge is 0.438 e. The molecule has 0 aliphatic rings. The summed E-state index contributed by atoms with van der Waals surface area (Å²) in [6, 6.07) is 4.54. The van der Waals surface area contributed by atoms with Crippen LogP contribution in [0.25, 0.3) is 11.0 Å². The summed E-state index contributed by atoms with van der Waals surface area (Å²) < 4.78 is 21.2. The summed E-state index contributed by atoms with van der Waals surface area (Å²) in [5, 5.41) is 4.89. The molecule has 102 valence electrons. The average molecular weight is 337 g/mol. The molecule has 20 heavy (non-hydrogen) atoms. The molecule has 0 unspecified atom stereocenters. The van der Waals surface area contributed by atoms with Crippen molar-refractivity contribution in [1.82, 2.24) is 19.7 Å². The number of rotatable bonds is 2. The normalized spacial score (nSPS) is 11.0. The molecule has 0 fully saturated rings. The predicted octanol–water partition coefficient (Wildman–Crippen LogP) is 3.37. The van der Waals surface area contributed by atoms with E-state index in [1.165, 1.54) is 12.4 Å². The minimum Gasteiger partial charge on any atom is -0.438 e. The van der Waals surface area contributed by atoms with Crippen LogP contribution in [0.3, 0.4) is 0 Å². The van der Waals surface area contributed by atoms with Crippen molar-refractivity contribution in [1.29, 1.82) is 0 Å². The van der Waals surface area contributed by atoms with Gasteiger partial charge in [-0.1, -0.05) is 0 Å². The standard InChI is InChI=1S/C13H10BrFN4O/c1-7-5-8(3-4-9(7)15)20-13-10-11(14)18-19(2)12(10)16-6-17-13/h3-6H,1-2H3. The first-order chi connectivity index (χ1) is 9.56. The predicted molar refractivity (Wildman–Crippen MR) is 75.2 cm³/mol. The lowest BCUT2D eigenvalue weighted by molar-refractivity contribution is 0.465. The Kier molecular flexibility index (Phi) is 3.13. The van der Waals surface area contributed by atoms with E-state index in [1.807, 2.05) is 0 Å². The van der Waals surface area contributed by atoms with Gasteiger partial charge in [-0.3, -0.25) is 0 Å². The first-order valence-corrected chi connectivity index (χ1v) is 6.63. The van der Waals surface area contributed by atoms with Crippen LogP contribution in [0.1, 0.15) is 5.56 Å². The molecule has 1 aromatic carbocycles. The fourth-order valence-electron chi connectivity index (χ4n) is 1.89. The molecule has 0 radical (unpaired) electrons. The second-order valence-corrected chi connectivity index (χ2v) is 5.06. The molecular weight excluding hydrogens is 327 g/mol. The van der Waals surface area contributed by atoms with Crippen LogP contribution in [0, 0.1) is 12.7 Å². The molecule has 0 aliphatic heterocycles. The van der Waals surface area contributed by atoms with E-state index >= 15 is 0 Å². The topological polar surface area (TPSA) is 52.8 Å². The summed E-state index contributed by atoms with van der Waals surface area (Å²) in [6.45, 7) is 1.68. The maximum atomic E-state index is 13.3. The molecular formula is C13H10BrFN4O. The molecule has 2 aromatic heterocycles. The maximum absolute atomic E-state index is 13.3. The Morgan fingerprint density at radius 3 is 2.85 bits per heavy atom. The quantitative estimate of drug-likeness (QED) is 0.720. The van der Waals surface area contributed by atoms with Gasteiger partial charge in [-0.05, 0) is 46.6 Å². The fourth-order valence-corrected chi connectivity index (χ4v) is 2.47. The number of benzene rings is 1. The van der Waals surface area contributed by atoms with Crippen molar-refractivity contribution in [2.24, 2.45) is 7.05 Å². The lowest BCUT2D eigenvalue weighted by atomic mass is 10.2. The van der Waals surface area contributed by atoms with Crippen LogP contribution in [-0.4, -0.2) is 19.7 Å². The molecule has 2 heterocycles. The van der Waals surface area contributed by atoms with Crippen molar-refractivity contribution in [2.45, 2.75) is 6.92 Å².